The van der Waals surface area contributed by atoms with Crippen LogP contribution in [0, 0.1) is 6.92 Å². The van der Waals surface area contributed by atoms with E-state index >= 15 is 0 Å². The van der Waals surface area contributed by atoms with E-state index in [1.165, 1.54) is 35.0 Å². The molecule has 2 aliphatic rings. The molecule has 49 heavy (non-hydrogen) atoms. The van der Waals surface area contributed by atoms with Gasteiger partial charge in [-0.25, -0.2) is 16.8 Å². The van der Waals surface area contributed by atoms with E-state index in [1.54, 1.807) is 97.1 Å². The SMILES string of the molecule is COc1ccc2c(c1)N(S(=O)(=O)c1ccc(C)cc1)C[C@@H]1c3cc(NC(=O)c4ccccc4)c(OC)cc3N(S(=O)(=O)c3ccccc3)[C@H]21. The van der Waals surface area contributed by atoms with E-state index in [1.807, 2.05) is 13.0 Å². The number of aryl methyl sites for hydroxylation is 1. The summed E-state index contributed by atoms with van der Waals surface area (Å²) in [5.74, 6) is -0.393. The summed E-state index contributed by atoms with van der Waals surface area (Å²) in [6, 6.07) is 30.9. The summed E-state index contributed by atoms with van der Waals surface area (Å²) in [6.07, 6.45) is 0. The van der Waals surface area contributed by atoms with Crippen molar-refractivity contribution in [3.05, 3.63) is 138 Å². The van der Waals surface area contributed by atoms with Crippen molar-refractivity contribution in [2.75, 3.05) is 34.7 Å². The van der Waals surface area contributed by atoms with E-state index in [2.05, 4.69) is 5.32 Å². The molecule has 1 N–H and O–H groups in total. The van der Waals surface area contributed by atoms with Gasteiger partial charge in [0.25, 0.3) is 26.0 Å². The maximum absolute atomic E-state index is 14.6. The van der Waals surface area contributed by atoms with Gasteiger partial charge in [0.15, 0.2) is 0 Å². The Labute approximate surface area is 285 Å². The van der Waals surface area contributed by atoms with Crippen LogP contribution < -0.4 is 23.4 Å². The number of hydrogen-bond donors (Lipinski definition) is 1. The molecule has 1 amide bonds. The van der Waals surface area contributed by atoms with Crippen LogP contribution in [0.15, 0.2) is 125 Å². The zero-order chi connectivity index (χ0) is 34.5. The van der Waals surface area contributed by atoms with Crippen LogP contribution in [0.1, 0.15) is 39.0 Å². The molecular weight excluding hydrogens is 663 g/mol. The van der Waals surface area contributed by atoms with Gasteiger partial charge >= 0.3 is 0 Å². The molecule has 5 aromatic carbocycles. The number of anilines is 3. The molecular formula is C37H33N3O7S2. The van der Waals surface area contributed by atoms with E-state index in [0.29, 0.717) is 39.5 Å². The van der Waals surface area contributed by atoms with Crippen LogP contribution in [0.4, 0.5) is 17.1 Å². The van der Waals surface area contributed by atoms with Gasteiger partial charge in [-0.3, -0.25) is 13.4 Å². The molecule has 0 aliphatic carbocycles. The molecule has 10 nitrogen and oxygen atoms in total. The van der Waals surface area contributed by atoms with Crippen molar-refractivity contribution in [1.82, 2.24) is 0 Å². The van der Waals surface area contributed by atoms with Crippen molar-refractivity contribution in [3.63, 3.8) is 0 Å². The standard InChI is InChI=1S/C37H33N3O7S2/c1-24-14-17-28(18-15-24)48(42,43)39-23-31-30-21-32(38-37(41)25-10-6-4-7-11-25)35(47-3)22-34(30)40(49(44,45)27-12-8-5-9-13-27)36(31)29-19-16-26(46-2)20-33(29)39/h4-22,31,36H,23H2,1-3H3,(H,38,41)/t31-,36-/m1/s1. The predicted octanol–water partition coefficient (Wildman–Crippen LogP) is 6.51. The minimum absolute atomic E-state index is 0.0757. The number of methoxy groups -OCH3 is 2. The molecule has 0 spiro atoms. The lowest BCUT2D eigenvalue weighted by atomic mass is 9.86. The third-order valence-corrected chi connectivity index (χ3v) is 12.6. The highest BCUT2D eigenvalue weighted by Gasteiger charge is 2.52. The lowest BCUT2D eigenvalue weighted by Gasteiger charge is -2.40. The van der Waals surface area contributed by atoms with E-state index < -0.39 is 32.0 Å². The Balaban J connectivity index is 1.45. The van der Waals surface area contributed by atoms with Crippen LogP contribution in [-0.2, 0) is 20.0 Å². The molecule has 0 saturated heterocycles. The average Bonchev–Trinajstić information content (AvgIpc) is 3.45. The number of benzene rings is 5. The highest BCUT2D eigenvalue weighted by molar-refractivity contribution is 7.93. The van der Waals surface area contributed by atoms with Crippen molar-refractivity contribution in [3.8, 4) is 11.5 Å². The van der Waals surface area contributed by atoms with Crippen LogP contribution in [0.5, 0.6) is 11.5 Å². The molecule has 0 radical (unpaired) electrons. The van der Waals surface area contributed by atoms with Gasteiger partial charge < -0.3 is 14.8 Å². The second kappa shape index (κ2) is 12.3. The number of carbonyl (C=O) groups is 1. The van der Waals surface area contributed by atoms with Gasteiger partial charge in [-0.05, 0) is 61.0 Å². The van der Waals surface area contributed by atoms with Crippen molar-refractivity contribution < 1.29 is 31.1 Å². The fourth-order valence-corrected chi connectivity index (χ4v) is 9.81. The molecule has 0 saturated carbocycles. The second-order valence-electron chi connectivity index (χ2n) is 11.9. The van der Waals surface area contributed by atoms with Crippen molar-refractivity contribution >= 4 is 43.0 Å². The molecule has 2 heterocycles. The smallest absolute Gasteiger partial charge is 0.264 e. The minimum Gasteiger partial charge on any atom is -0.497 e. The van der Waals surface area contributed by atoms with Crippen LogP contribution in [-0.4, -0.2) is 43.5 Å². The first-order valence-electron chi connectivity index (χ1n) is 15.5. The first-order chi connectivity index (χ1) is 23.5. The number of ether oxygens (including phenoxy) is 2. The van der Waals surface area contributed by atoms with E-state index in [9.17, 15) is 21.6 Å². The Morgan fingerprint density at radius 1 is 0.714 bits per heavy atom. The van der Waals surface area contributed by atoms with Gasteiger partial charge in [-0.15, -0.1) is 0 Å². The fourth-order valence-electron chi connectivity index (χ4n) is 6.59. The fraction of sp³-hybridized carbons (Fsp3) is 0.162. The molecule has 0 fully saturated rings. The number of carbonyl (C=O) groups excluding carboxylic acids is 1. The number of nitrogens with zero attached hydrogens (tertiary/aromatic N) is 2. The first kappa shape index (κ1) is 32.2. The number of sulfonamides is 2. The summed E-state index contributed by atoms with van der Waals surface area (Å²) in [4.78, 5) is 13.5. The summed E-state index contributed by atoms with van der Waals surface area (Å²) in [7, 11) is -5.40. The molecule has 250 valence electrons. The topological polar surface area (TPSA) is 122 Å². The van der Waals surface area contributed by atoms with E-state index in [4.69, 9.17) is 9.47 Å². The quantitative estimate of drug-likeness (QED) is 0.197. The Kier molecular flexibility index (Phi) is 8.08. The Morgan fingerprint density at radius 3 is 2.02 bits per heavy atom. The molecule has 5 aromatic rings. The number of amides is 1. The zero-order valence-electron chi connectivity index (χ0n) is 26.9. The first-order valence-corrected chi connectivity index (χ1v) is 18.4. The Bertz CT molecular complexity index is 2280. The maximum atomic E-state index is 14.6. The van der Waals surface area contributed by atoms with Crippen LogP contribution >= 0.6 is 0 Å². The van der Waals surface area contributed by atoms with Crippen molar-refractivity contribution in [1.29, 1.82) is 0 Å². The maximum Gasteiger partial charge on any atom is 0.264 e. The second-order valence-corrected chi connectivity index (χ2v) is 15.5. The molecule has 12 heteroatoms. The number of nitrogens with one attached hydrogen (secondary N) is 1. The van der Waals surface area contributed by atoms with Gasteiger partial charge in [0, 0.05) is 35.7 Å². The molecule has 2 atom stereocenters. The number of rotatable bonds is 8. The van der Waals surface area contributed by atoms with Gasteiger partial charge in [-0.1, -0.05) is 60.2 Å². The Morgan fingerprint density at radius 2 is 1.37 bits per heavy atom. The lowest BCUT2D eigenvalue weighted by molar-refractivity contribution is 0.102. The van der Waals surface area contributed by atoms with Crippen molar-refractivity contribution in [2.45, 2.75) is 28.7 Å². The predicted molar refractivity (Wildman–Crippen MR) is 188 cm³/mol. The number of hydrogen-bond acceptors (Lipinski definition) is 7. The lowest BCUT2D eigenvalue weighted by Crippen LogP contribution is -2.44. The highest BCUT2D eigenvalue weighted by atomic mass is 32.2. The van der Waals surface area contributed by atoms with Gasteiger partial charge in [-0.2, -0.15) is 0 Å². The molecule has 0 bridgehead atoms. The van der Waals surface area contributed by atoms with Crippen LogP contribution in [0.25, 0.3) is 0 Å². The van der Waals surface area contributed by atoms with Crippen molar-refractivity contribution in [2.24, 2.45) is 0 Å². The van der Waals surface area contributed by atoms with Gasteiger partial charge in [0.2, 0.25) is 0 Å². The molecule has 7 rings (SSSR count). The third-order valence-electron chi connectivity index (χ3n) is 9.00. The summed E-state index contributed by atoms with van der Waals surface area (Å²) in [6.45, 7) is 1.79. The summed E-state index contributed by atoms with van der Waals surface area (Å²) >= 11 is 0. The van der Waals surface area contributed by atoms with E-state index in [-0.39, 0.29) is 28.0 Å². The summed E-state index contributed by atoms with van der Waals surface area (Å²) in [5, 5.41) is 2.91. The largest absolute Gasteiger partial charge is 0.497 e. The monoisotopic (exact) mass is 695 g/mol. The average molecular weight is 696 g/mol. The van der Waals surface area contributed by atoms with Crippen LogP contribution in [0.2, 0.25) is 0 Å². The Hall–Kier alpha value is -5.33. The summed E-state index contributed by atoms with van der Waals surface area (Å²) < 4.78 is 72.0. The van der Waals surface area contributed by atoms with E-state index in [0.717, 1.165) is 5.56 Å². The normalized spacial score (nSPS) is 16.7. The summed E-state index contributed by atoms with van der Waals surface area (Å²) in [5.41, 5.74) is 3.31. The van der Waals surface area contributed by atoms with Gasteiger partial charge in [0.05, 0.1) is 47.1 Å². The zero-order valence-corrected chi connectivity index (χ0v) is 28.5. The molecule has 2 aliphatic heterocycles. The third kappa shape index (κ3) is 5.46. The highest BCUT2D eigenvalue weighted by Crippen LogP contribution is 2.58. The molecule has 0 unspecified atom stereocenters. The molecule has 0 aromatic heterocycles. The minimum atomic E-state index is -4.20. The number of fused-ring (bicyclic) bond motifs is 5. The van der Waals surface area contributed by atoms with Gasteiger partial charge in [0.1, 0.15) is 11.5 Å². The van der Waals surface area contributed by atoms with Crippen LogP contribution in [0.3, 0.4) is 0 Å².